The summed E-state index contributed by atoms with van der Waals surface area (Å²) in [7, 11) is 0. The first kappa shape index (κ1) is 20.8. The van der Waals surface area contributed by atoms with Gasteiger partial charge in [-0.25, -0.2) is 5.32 Å². The Labute approximate surface area is 188 Å². The predicted octanol–water partition coefficient (Wildman–Crippen LogP) is 3.82. The van der Waals surface area contributed by atoms with Crippen molar-refractivity contribution in [2.45, 2.75) is 13.8 Å². The van der Waals surface area contributed by atoms with Crippen molar-refractivity contribution in [2.24, 2.45) is 0 Å². The maximum Gasteiger partial charge on any atom is 0.344 e. The highest BCUT2D eigenvalue weighted by molar-refractivity contribution is 9.10. The van der Waals surface area contributed by atoms with Gasteiger partial charge in [0.1, 0.15) is 11.4 Å². The second-order valence-electron chi connectivity index (χ2n) is 6.49. The molecule has 1 heterocycles. The molecule has 0 atom stereocenters. The van der Waals surface area contributed by atoms with E-state index >= 15 is 0 Å². The average molecular weight is 516 g/mol. The van der Waals surface area contributed by atoms with Crippen LogP contribution >= 0.6 is 27.3 Å². The number of hydrogen-bond acceptors (Lipinski definition) is 2. The molecule has 1 aromatic heterocycles. The molecule has 0 saturated heterocycles. The lowest BCUT2D eigenvalue weighted by atomic mass is 10.1. The summed E-state index contributed by atoms with van der Waals surface area (Å²) < 4.78 is 3.40. The summed E-state index contributed by atoms with van der Waals surface area (Å²) >= 11 is 5.26. The molecule has 1 N–H and O–H groups in total. The van der Waals surface area contributed by atoms with Gasteiger partial charge in [0, 0.05) is 15.4 Å². The minimum atomic E-state index is 0. The fourth-order valence-corrected chi connectivity index (χ4v) is 4.31. The van der Waals surface area contributed by atoms with Gasteiger partial charge in [-0.1, -0.05) is 63.7 Å². The molecular formula is C23H20Br2N2S. The van der Waals surface area contributed by atoms with Crippen molar-refractivity contribution in [1.29, 1.82) is 0 Å². The molecule has 4 aromatic rings. The Balaban J connectivity index is 0.00000225. The molecule has 5 heteroatoms. The summed E-state index contributed by atoms with van der Waals surface area (Å²) in [4.78, 5) is 0. The molecule has 0 amide bonds. The van der Waals surface area contributed by atoms with Gasteiger partial charge in [-0.2, -0.15) is 4.57 Å². The minimum absolute atomic E-state index is 0. The Hall–Kier alpha value is -1.95. The van der Waals surface area contributed by atoms with Gasteiger partial charge in [0.05, 0.1) is 0 Å². The van der Waals surface area contributed by atoms with Gasteiger partial charge in [-0.15, -0.1) is 0 Å². The first-order valence-corrected chi connectivity index (χ1v) is 10.5. The monoisotopic (exact) mass is 514 g/mol. The summed E-state index contributed by atoms with van der Waals surface area (Å²) in [5.41, 5.74) is 7.16. The molecule has 3 aromatic carbocycles. The summed E-state index contributed by atoms with van der Waals surface area (Å²) in [6.45, 7) is 4.28. The maximum atomic E-state index is 3.64. The van der Waals surface area contributed by atoms with Crippen LogP contribution in [0.5, 0.6) is 0 Å². The minimum Gasteiger partial charge on any atom is -1.00 e. The molecule has 0 unspecified atom stereocenters. The van der Waals surface area contributed by atoms with Gasteiger partial charge >= 0.3 is 5.13 Å². The number of halogens is 2. The zero-order chi connectivity index (χ0) is 18.8. The van der Waals surface area contributed by atoms with Crippen LogP contribution in [0.2, 0.25) is 0 Å². The van der Waals surface area contributed by atoms with Crippen LogP contribution in [0.25, 0.3) is 16.9 Å². The number of para-hydroxylation sites is 2. The van der Waals surface area contributed by atoms with E-state index in [1.165, 1.54) is 28.1 Å². The number of nitrogens with one attached hydrogen (secondary N) is 1. The number of nitrogens with zero attached hydrogens (tertiary/aromatic N) is 1. The van der Waals surface area contributed by atoms with Gasteiger partial charge in [-0.3, -0.25) is 0 Å². The Bertz CT molecular complexity index is 1090. The van der Waals surface area contributed by atoms with Gasteiger partial charge in [0.2, 0.25) is 0 Å². The molecule has 0 spiro atoms. The van der Waals surface area contributed by atoms with E-state index in [4.69, 9.17) is 0 Å². The Morgan fingerprint density at radius 3 is 2.14 bits per heavy atom. The van der Waals surface area contributed by atoms with Crippen molar-refractivity contribution in [2.75, 3.05) is 5.32 Å². The van der Waals surface area contributed by atoms with Crippen LogP contribution in [-0.4, -0.2) is 0 Å². The van der Waals surface area contributed by atoms with Crippen LogP contribution in [0.3, 0.4) is 0 Å². The number of rotatable bonds is 4. The largest absolute Gasteiger partial charge is 1.00 e. The Morgan fingerprint density at radius 2 is 1.46 bits per heavy atom. The van der Waals surface area contributed by atoms with E-state index in [2.05, 4.69) is 118 Å². The average Bonchev–Trinajstić information content (AvgIpc) is 3.08. The summed E-state index contributed by atoms with van der Waals surface area (Å²) in [5, 5.41) is 6.95. The second-order valence-corrected chi connectivity index (χ2v) is 8.27. The first-order chi connectivity index (χ1) is 13.1. The van der Waals surface area contributed by atoms with Gasteiger partial charge in [-0.05, 0) is 61.4 Å². The molecule has 0 bridgehead atoms. The van der Waals surface area contributed by atoms with Crippen LogP contribution in [-0.2, 0) is 0 Å². The topological polar surface area (TPSA) is 15.9 Å². The van der Waals surface area contributed by atoms with Crippen molar-refractivity contribution in [1.82, 2.24) is 0 Å². The number of aryl methyl sites for hydroxylation is 2. The van der Waals surface area contributed by atoms with E-state index in [1.807, 2.05) is 0 Å². The quantitative estimate of drug-likeness (QED) is 0.408. The molecule has 0 radical (unpaired) electrons. The van der Waals surface area contributed by atoms with Crippen LogP contribution < -0.4 is 26.9 Å². The van der Waals surface area contributed by atoms with Crippen LogP contribution in [0.15, 0.2) is 82.6 Å². The number of anilines is 2. The third-order valence-electron chi connectivity index (χ3n) is 4.61. The lowest BCUT2D eigenvalue weighted by molar-refractivity contribution is -0.564. The number of thiazole rings is 1. The number of aromatic nitrogens is 1. The Kier molecular flexibility index (Phi) is 6.70. The summed E-state index contributed by atoms with van der Waals surface area (Å²) in [5.74, 6) is 0. The number of benzene rings is 3. The predicted molar refractivity (Wildman–Crippen MR) is 118 cm³/mol. The molecule has 0 aliphatic heterocycles. The molecule has 0 aliphatic carbocycles. The smallest absolute Gasteiger partial charge is 0.344 e. The molecule has 4 rings (SSSR count). The fourth-order valence-electron chi connectivity index (χ4n) is 3.11. The molecule has 0 saturated carbocycles. The normalized spacial score (nSPS) is 10.4. The lowest BCUT2D eigenvalue weighted by Crippen LogP contribution is -3.00. The maximum absolute atomic E-state index is 3.64. The second kappa shape index (κ2) is 9.03. The molecule has 28 heavy (non-hydrogen) atoms. The first-order valence-electron chi connectivity index (χ1n) is 8.81. The molecule has 142 valence electrons. The highest BCUT2D eigenvalue weighted by Crippen LogP contribution is 2.30. The van der Waals surface area contributed by atoms with E-state index in [-0.39, 0.29) is 17.0 Å². The number of hydrogen-bond donors (Lipinski definition) is 1. The van der Waals surface area contributed by atoms with E-state index in [9.17, 15) is 0 Å². The molecule has 2 nitrogen and oxygen atoms in total. The van der Waals surface area contributed by atoms with E-state index < -0.39 is 0 Å². The zero-order valence-corrected chi connectivity index (χ0v) is 19.6. The lowest BCUT2D eigenvalue weighted by Gasteiger charge is -2.09. The molecule has 0 aliphatic rings. The standard InChI is InChI=1S/C23H19BrN2S.BrH/c1-16-7-3-5-9-20(16)25-23-26(21-10-6-4-8-17(21)2)22(15-27-23)18-11-13-19(24)14-12-18;/h3-15H,1-2H3;1H. The van der Waals surface area contributed by atoms with Crippen molar-refractivity contribution in [3.8, 4) is 16.9 Å². The van der Waals surface area contributed by atoms with E-state index in [0.29, 0.717) is 0 Å². The van der Waals surface area contributed by atoms with Crippen molar-refractivity contribution >= 4 is 38.1 Å². The fraction of sp³-hybridized carbons (Fsp3) is 0.0870. The van der Waals surface area contributed by atoms with Gasteiger partial charge < -0.3 is 17.0 Å². The SMILES string of the molecule is Cc1ccccc1Nc1scc(-c2ccc(Br)cc2)[n+]1-c1ccccc1C.[Br-]. The third kappa shape index (κ3) is 4.22. The zero-order valence-electron chi connectivity index (χ0n) is 15.6. The van der Waals surface area contributed by atoms with E-state index in [1.54, 1.807) is 11.3 Å². The van der Waals surface area contributed by atoms with Crippen molar-refractivity contribution in [3.63, 3.8) is 0 Å². The van der Waals surface area contributed by atoms with Crippen LogP contribution in [0.4, 0.5) is 10.8 Å². The highest BCUT2D eigenvalue weighted by Gasteiger charge is 2.23. The third-order valence-corrected chi connectivity index (χ3v) is 5.99. The Morgan fingerprint density at radius 1 is 0.821 bits per heavy atom. The van der Waals surface area contributed by atoms with Crippen molar-refractivity contribution < 1.29 is 21.5 Å². The molecule has 0 fully saturated rings. The molecular weight excluding hydrogens is 496 g/mol. The summed E-state index contributed by atoms with van der Waals surface area (Å²) in [6, 6.07) is 25.4. The van der Waals surface area contributed by atoms with Gasteiger partial charge in [0.25, 0.3) is 0 Å². The van der Waals surface area contributed by atoms with Crippen LogP contribution in [0, 0.1) is 13.8 Å². The van der Waals surface area contributed by atoms with E-state index in [0.717, 1.165) is 15.3 Å². The van der Waals surface area contributed by atoms with Crippen LogP contribution in [0.1, 0.15) is 11.1 Å². The van der Waals surface area contributed by atoms with Gasteiger partial charge in [0.15, 0.2) is 5.69 Å². The summed E-state index contributed by atoms with van der Waals surface area (Å²) in [6.07, 6.45) is 0. The van der Waals surface area contributed by atoms with Crippen molar-refractivity contribution in [3.05, 3.63) is 93.8 Å². The highest BCUT2D eigenvalue weighted by atomic mass is 79.9.